The minimum Gasteiger partial charge on any atom is -0.454 e. The molecule has 0 aliphatic carbocycles. The third-order valence-corrected chi connectivity index (χ3v) is 6.71. The Morgan fingerprint density at radius 2 is 1.94 bits per heavy atom. The number of amides is 2. The van der Waals surface area contributed by atoms with Crippen LogP contribution in [0.25, 0.3) is 0 Å². The molecule has 0 spiro atoms. The maximum absolute atomic E-state index is 13.4. The first-order chi connectivity index (χ1) is 15.3. The summed E-state index contributed by atoms with van der Waals surface area (Å²) in [5, 5.41) is 1.98. The Balaban J connectivity index is 1.79. The van der Waals surface area contributed by atoms with Gasteiger partial charge in [-0.2, -0.15) is 0 Å². The van der Waals surface area contributed by atoms with Gasteiger partial charge in [-0.05, 0) is 43.0 Å². The minimum absolute atomic E-state index is 0.0432. The first-order valence-corrected chi connectivity index (χ1v) is 11.8. The van der Waals surface area contributed by atoms with Gasteiger partial charge in [-0.1, -0.05) is 12.1 Å². The molecule has 7 nitrogen and oxygen atoms in total. The van der Waals surface area contributed by atoms with E-state index in [2.05, 4.69) is 0 Å². The average Bonchev–Trinajstić information content (AvgIpc) is 3.47. The van der Waals surface area contributed by atoms with Crippen molar-refractivity contribution >= 4 is 34.8 Å². The van der Waals surface area contributed by atoms with Gasteiger partial charge in [0.05, 0.1) is 25.1 Å². The van der Waals surface area contributed by atoms with Crippen molar-refractivity contribution in [2.75, 3.05) is 39.5 Å². The van der Waals surface area contributed by atoms with E-state index in [1.807, 2.05) is 35.7 Å². The standard InChI is InChI=1S/C23H29ClN2O5S/c1-23(2,15-24)22(28)25(8-9-29-3)14-21(27)26(13-18-5-4-10-32-18)12-17-6-7-19-20(11-17)31-16-30-19/h4-7,10-11H,8-9,12-16H2,1-3H3. The Hall–Kier alpha value is -2.29. The van der Waals surface area contributed by atoms with Crippen LogP contribution in [0.4, 0.5) is 0 Å². The number of methoxy groups -OCH3 is 1. The van der Waals surface area contributed by atoms with E-state index in [0.717, 1.165) is 10.4 Å². The summed E-state index contributed by atoms with van der Waals surface area (Å²) >= 11 is 7.61. The fraction of sp³-hybridized carbons (Fsp3) is 0.478. The van der Waals surface area contributed by atoms with Crippen molar-refractivity contribution in [3.8, 4) is 11.5 Å². The molecule has 2 heterocycles. The molecule has 0 fully saturated rings. The lowest BCUT2D eigenvalue weighted by atomic mass is 9.94. The van der Waals surface area contributed by atoms with E-state index in [4.69, 9.17) is 25.8 Å². The molecule has 174 valence electrons. The molecule has 0 saturated carbocycles. The Labute approximate surface area is 197 Å². The molecule has 1 aromatic heterocycles. The second kappa shape index (κ2) is 11.0. The fourth-order valence-electron chi connectivity index (χ4n) is 3.28. The van der Waals surface area contributed by atoms with E-state index in [-0.39, 0.29) is 31.0 Å². The van der Waals surface area contributed by atoms with Crippen LogP contribution >= 0.6 is 22.9 Å². The number of rotatable bonds is 11. The van der Waals surface area contributed by atoms with E-state index in [1.54, 1.807) is 37.2 Å². The van der Waals surface area contributed by atoms with E-state index in [9.17, 15) is 9.59 Å². The molecule has 9 heteroatoms. The van der Waals surface area contributed by atoms with Crippen LogP contribution in [-0.4, -0.2) is 61.1 Å². The second-order valence-corrected chi connectivity index (χ2v) is 9.55. The van der Waals surface area contributed by atoms with Crippen molar-refractivity contribution < 1.29 is 23.8 Å². The number of carbonyl (C=O) groups excluding carboxylic acids is 2. The van der Waals surface area contributed by atoms with Crippen molar-refractivity contribution in [3.63, 3.8) is 0 Å². The van der Waals surface area contributed by atoms with E-state index < -0.39 is 5.41 Å². The van der Waals surface area contributed by atoms with Crippen LogP contribution in [0.5, 0.6) is 11.5 Å². The predicted octanol–water partition coefficient (Wildman–Crippen LogP) is 3.75. The Bertz CT molecular complexity index is 919. The highest BCUT2D eigenvalue weighted by Crippen LogP contribution is 2.33. The first-order valence-electron chi connectivity index (χ1n) is 10.4. The van der Waals surface area contributed by atoms with Crippen LogP contribution in [0, 0.1) is 5.41 Å². The molecule has 0 unspecified atom stereocenters. The summed E-state index contributed by atoms with van der Waals surface area (Å²) in [6.45, 7) is 5.21. The van der Waals surface area contributed by atoms with Crippen LogP contribution in [-0.2, 0) is 27.4 Å². The van der Waals surface area contributed by atoms with Gasteiger partial charge in [0, 0.05) is 31.0 Å². The fourth-order valence-corrected chi connectivity index (χ4v) is 4.12. The number of hydrogen-bond donors (Lipinski definition) is 0. The molecule has 3 rings (SSSR count). The summed E-state index contributed by atoms with van der Waals surface area (Å²) < 4.78 is 16.0. The first kappa shape index (κ1) is 24.4. The zero-order valence-corrected chi connectivity index (χ0v) is 20.2. The molecule has 2 amide bonds. The van der Waals surface area contributed by atoms with Crippen molar-refractivity contribution in [2.45, 2.75) is 26.9 Å². The number of alkyl halides is 1. The SMILES string of the molecule is COCCN(CC(=O)N(Cc1ccc2c(c1)OCO2)Cc1cccs1)C(=O)C(C)(C)CCl. The molecule has 1 aliphatic heterocycles. The molecular weight excluding hydrogens is 452 g/mol. The Morgan fingerprint density at radius 1 is 1.16 bits per heavy atom. The molecule has 0 saturated heterocycles. The number of hydrogen-bond acceptors (Lipinski definition) is 6. The quantitative estimate of drug-likeness (QED) is 0.458. The number of thiophene rings is 1. The van der Waals surface area contributed by atoms with Gasteiger partial charge in [-0.15, -0.1) is 22.9 Å². The van der Waals surface area contributed by atoms with Crippen LogP contribution in [0.1, 0.15) is 24.3 Å². The minimum atomic E-state index is -0.772. The largest absolute Gasteiger partial charge is 0.454 e. The lowest BCUT2D eigenvalue weighted by Gasteiger charge is -2.32. The number of carbonyl (C=O) groups is 2. The normalized spacial score (nSPS) is 12.6. The summed E-state index contributed by atoms with van der Waals surface area (Å²) in [6, 6.07) is 9.62. The topological polar surface area (TPSA) is 68.3 Å². The van der Waals surface area contributed by atoms with Crippen molar-refractivity contribution in [3.05, 3.63) is 46.2 Å². The maximum atomic E-state index is 13.4. The molecule has 0 radical (unpaired) electrons. The molecule has 0 N–H and O–H groups in total. The average molecular weight is 481 g/mol. The maximum Gasteiger partial charge on any atom is 0.242 e. The lowest BCUT2D eigenvalue weighted by molar-refractivity contribution is -0.146. The van der Waals surface area contributed by atoms with Gasteiger partial charge >= 0.3 is 0 Å². The Kier molecular flexibility index (Phi) is 8.39. The van der Waals surface area contributed by atoms with Crippen molar-refractivity contribution in [2.24, 2.45) is 5.41 Å². The van der Waals surface area contributed by atoms with Crippen LogP contribution in [0.3, 0.4) is 0 Å². The highest BCUT2D eigenvalue weighted by Gasteiger charge is 2.33. The van der Waals surface area contributed by atoms with Gasteiger partial charge in [0.15, 0.2) is 11.5 Å². The molecule has 1 aromatic carbocycles. The van der Waals surface area contributed by atoms with Crippen LogP contribution in [0.2, 0.25) is 0 Å². The van der Waals surface area contributed by atoms with Gasteiger partial charge in [0.1, 0.15) is 0 Å². The summed E-state index contributed by atoms with van der Waals surface area (Å²) in [5.41, 5.74) is 0.154. The molecular formula is C23H29ClN2O5S. The third-order valence-electron chi connectivity index (χ3n) is 5.18. The van der Waals surface area contributed by atoms with Crippen LogP contribution < -0.4 is 9.47 Å². The van der Waals surface area contributed by atoms with E-state index in [0.29, 0.717) is 37.7 Å². The third kappa shape index (κ3) is 6.15. The summed E-state index contributed by atoms with van der Waals surface area (Å²) in [5.74, 6) is 1.22. The van der Waals surface area contributed by atoms with E-state index in [1.165, 1.54) is 4.90 Å². The summed E-state index contributed by atoms with van der Waals surface area (Å²) in [6.07, 6.45) is 0. The smallest absolute Gasteiger partial charge is 0.242 e. The lowest BCUT2D eigenvalue weighted by Crippen LogP contribution is -2.48. The number of halogens is 1. The van der Waals surface area contributed by atoms with Crippen molar-refractivity contribution in [1.82, 2.24) is 9.80 Å². The van der Waals surface area contributed by atoms with Gasteiger partial charge < -0.3 is 24.0 Å². The molecule has 2 aromatic rings. The van der Waals surface area contributed by atoms with Crippen LogP contribution in [0.15, 0.2) is 35.7 Å². The van der Waals surface area contributed by atoms with Gasteiger partial charge in [0.25, 0.3) is 0 Å². The molecule has 32 heavy (non-hydrogen) atoms. The summed E-state index contributed by atoms with van der Waals surface area (Å²) in [4.78, 5) is 30.8. The zero-order valence-electron chi connectivity index (χ0n) is 18.6. The van der Waals surface area contributed by atoms with Gasteiger partial charge in [0.2, 0.25) is 18.6 Å². The van der Waals surface area contributed by atoms with Gasteiger partial charge in [-0.25, -0.2) is 0 Å². The predicted molar refractivity (Wildman–Crippen MR) is 124 cm³/mol. The monoisotopic (exact) mass is 480 g/mol. The highest BCUT2D eigenvalue weighted by molar-refractivity contribution is 7.09. The van der Waals surface area contributed by atoms with Gasteiger partial charge in [-0.3, -0.25) is 9.59 Å². The summed E-state index contributed by atoms with van der Waals surface area (Å²) in [7, 11) is 1.57. The van der Waals surface area contributed by atoms with Crippen molar-refractivity contribution in [1.29, 1.82) is 0 Å². The highest BCUT2D eigenvalue weighted by atomic mass is 35.5. The molecule has 0 bridgehead atoms. The number of ether oxygens (including phenoxy) is 3. The molecule has 1 aliphatic rings. The molecule has 0 atom stereocenters. The number of nitrogens with zero attached hydrogens (tertiary/aromatic N) is 2. The zero-order chi connectivity index (χ0) is 23.1. The number of fused-ring (bicyclic) bond motifs is 1. The Morgan fingerprint density at radius 3 is 2.62 bits per heavy atom. The second-order valence-electron chi connectivity index (χ2n) is 8.25. The number of benzene rings is 1. The van der Waals surface area contributed by atoms with E-state index >= 15 is 0 Å².